The number of aryl methyl sites for hydroxylation is 1. The van der Waals surface area contributed by atoms with Gasteiger partial charge in [0.25, 0.3) is 5.91 Å². The molecule has 4 aromatic rings. The van der Waals surface area contributed by atoms with Crippen LogP contribution in [0.5, 0.6) is 0 Å². The average molecular weight is 358 g/mol. The van der Waals surface area contributed by atoms with Crippen LogP contribution in [-0.2, 0) is 7.05 Å². The predicted molar refractivity (Wildman–Crippen MR) is 100 cm³/mol. The minimum absolute atomic E-state index is 0.169. The van der Waals surface area contributed by atoms with Gasteiger partial charge < -0.3 is 9.88 Å². The van der Waals surface area contributed by atoms with Gasteiger partial charge in [-0.1, -0.05) is 30.3 Å². The maximum Gasteiger partial charge on any atom is 0.252 e. The van der Waals surface area contributed by atoms with E-state index in [-0.39, 0.29) is 11.9 Å². The summed E-state index contributed by atoms with van der Waals surface area (Å²) < 4.78 is 3.55. The number of carbonyl (C=O) groups excluding carboxylic acids is 1. The van der Waals surface area contributed by atoms with E-state index in [4.69, 9.17) is 0 Å². The Kier molecular flexibility index (Phi) is 4.49. The van der Waals surface area contributed by atoms with Crippen LogP contribution in [0.4, 0.5) is 0 Å². The molecule has 27 heavy (non-hydrogen) atoms. The summed E-state index contributed by atoms with van der Waals surface area (Å²) in [7, 11) is 1.91. The van der Waals surface area contributed by atoms with Gasteiger partial charge in [0.1, 0.15) is 24.5 Å². The first-order valence-corrected chi connectivity index (χ1v) is 8.50. The van der Waals surface area contributed by atoms with E-state index in [9.17, 15) is 4.79 Å². The number of benzene rings is 2. The summed E-state index contributed by atoms with van der Waals surface area (Å²) in [4.78, 5) is 21.2. The van der Waals surface area contributed by atoms with E-state index in [0.29, 0.717) is 5.56 Å². The van der Waals surface area contributed by atoms with Gasteiger partial charge in [-0.25, -0.2) is 14.6 Å². The van der Waals surface area contributed by atoms with E-state index < -0.39 is 0 Å². The Hall–Kier alpha value is -3.74. The van der Waals surface area contributed by atoms with Gasteiger partial charge in [-0.05, 0) is 29.8 Å². The Labute approximate surface area is 156 Å². The lowest BCUT2D eigenvalue weighted by molar-refractivity contribution is 0.0941. The molecule has 0 saturated carbocycles. The second kappa shape index (κ2) is 7.25. The molecule has 134 valence electrons. The lowest BCUT2D eigenvalue weighted by Gasteiger charge is -2.19. The van der Waals surface area contributed by atoms with Gasteiger partial charge in [0, 0.05) is 25.0 Å². The Balaban J connectivity index is 1.59. The summed E-state index contributed by atoms with van der Waals surface area (Å²) in [5, 5.41) is 7.18. The van der Waals surface area contributed by atoms with Crippen molar-refractivity contribution in [3.8, 4) is 5.69 Å². The van der Waals surface area contributed by atoms with E-state index >= 15 is 0 Å². The van der Waals surface area contributed by atoms with Crippen LogP contribution < -0.4 is 5.32 Å². The number of aromatic nitrogens is 5. The topological polar surface area (TPSA) is 77.6 Å². The fourth-order valence-electron chi connectivity index (χ4n) is 2.92. The van der Waals surface area contributed by atoms with Crippen LogP contribution in [-0.4, -0.2) is 30.2 Å². The summed E-state index contributed by atoms with van der Waals surface area (Å²) in [6.07, 6.45) is 6.67. The molecule has 0 aliphatic rings. The first-order chi connectivity index (χ1) is 13.2. The van der Waals surface area contributed by atoms with Crippen LogP contribution in [0.3, 0.4) is 0 Å². The van der Waals surface area contributed by atoms with Gasteiger partial charge in [0.05, 0.1) is 5.69 Å². The van der Waals surface area contributed by atoms with E-state index in [1.165, 1.54) is 6.33 Å². The normalized spacial score (nSPS) is 11.9. The van der Waals surface area contributed by atoms with Gasteiger partial charge in [-0.2, -0.15) is 5.10 Å². The zero-order chi connectivity index (χ0) is 18.6. The highest BCUT2D eigenvalue weighted by Crippen LogP contribution is 2.21. The maximum absolute atomic E-state index is 12.8. The molecule has 1 amide bonds. The number of imidazole rings is 1. The molecule has 2 aromatic carbocycles. The molecule has 1 atom stereocenters. The largest absolute Gasteiger partial charge is 0.338 e. The third-order valence-corrected chi connectivity index (χ3v) is 4.34. The molecule has 4 rings (SSSR count). The molecule has 0 aliphatic heterocycles. The zero-order valence-electron chi connectivity index (χ0n) is 14.7. The van der Waals surface area contributed by atoms with Crippen molar-refractivity contribution in [3.63, 3.8) is 0 Å². The Morgan fingerprint density at radius 2 is 1.85 bits per heavy atom. The molecule has 1 unspecified atom stereocenters. The van der Waals surface area contributed by atoms with Crippen molar-refractivity contribution in [3.05, 3.63) is 96.6 Å². The van der Waals surface area contributed by atoms with Gasteiger partial charge >= 0.3 is 0 Å². The van der Waals surface area contributed by atoms with Gasteiger partial charge in [-0.15, -0.1) is 0 Å². The van der Waals surface area contributed by atoms with Crippen LogP contribution in [0.1, 0.15) is 27.8 Å². The second-order valence-electron chi connectivity index (χ2n) is 6.10. The number of hydrogen-bond donors (Lipinski definition) is 1. The second-order valence-corrected chi connectivity index (χ2v) is 6.10. The zero-order valence-corrected chi connectivity index (χ0v) is 14.7. The maximum atomic E-state index is 12.8. The Morgan fingerprint density at radius 1 is 1.07 bits per heavy atom. The van der Waals surface area contributed by atoms with Crippen molar-refractivity contribution in [2.75, 3.05) is 0 Å². The highest BCUT2D eigenvalue weighted by molar-refractivity contribution is 5.94. The highest BCUT2D eigenvalue weighted by Gasteiger charge is 2.21. The van der Waals surface area contributed by atoms with Crippen molar-refractivity contribution in [2.24, 2.45) is 7.05 Å². The van der Waals surface area contributed by atoms with Crippen LogP contribution in [0.15, 0.2) is 79.6 Å². The van der Waals surface area contributed by atoms with Crippen LogP contribution in [0, 0.1) is 0 Å². The van der Waals surface area contributed by atoms with Gasteiger partial charge in [0.15, 0.2) is 0 Å². The first kappa shape index (κ1) is 16.7. The summed E-state index contributed by atoms with van der Waals surface area (Å²) in [5.74, 6) is 0.603. The molecule has 2 aromatic heterocycles. The molecule has 0 saturated heterocycles. The lowest BCUT2D eigenvalue weighted by atomic mass is 10.1. The monoisotopic (exact) mass is 358 g/mol. The summed E-state index contributed by atoms with van der Waals surface area (Å²) >= 11 is 0. The summed E-state index contributed by atoms with van der Waals surface area (Å²) in [6.45, 7) is 0. The Morgan fingerprint density at radius 3 is 2.48 bits per heavy atom. The van der Waals surface area contributed by atoms with E-state index in [1.807, 2.05) is 60.3 Å². The molecular formula is C20H18N6O. The minimum atomic E-state index is -0.339. The Bertz CT molecular complexity index is 1020. The molecule has 0 aliphatic carbocycles. The van der Waals surface area contributed by atoms with Crippen molar-refractivity contribution in [1.29, 1.82) is 0 Å². The van der Waals surface area contributed by atoms with Gasteiger partial charge in [-0.3, -0.25) is 4.79 Å². The number of carbonyl (C=O) groups is 1. The molecule has 2 heterocycles. The minimum Gasteiger partial charge on any atom is -0.338 e. The summed E-state index contributed by atoms with van der Waals surface area (Å²) in [5.41, 5.74) is 2.38. The molecule has 7 heteroatoms. The summed E-state index contributed by atoms with van der Waals surface area (Å²) in [6, 6.07) is 16.7. The number of nitrogens with one attached hydrogen (secondary N) is 1. The number of hydrogen-bond acceptors (Lipinski definition) is 4. The van der Waals surface area contributed by atoms with E-state index in [2.05, 4.69) is 20.4 Å². The van der Waals surface area contributed by atoms with Crippen molar-refractivity contribution >= 4 is 5.91 Å². The van der Waals surface area contributed by atoms with Crippen LogP contribution >= 0.6 is 0 Å². The predicted octanol–water partition coefficient (Wildman–Crippen LogP) is 2.52. The number of amides is 1. The molecule has 0 radical (unpaired) electrons. The van der Waals surface area contributed by atoms with E-state index in [1.54, 1.807) is 29.3 Å². The van der Waals surface area contributed by atoms with Gasteiger partial charge in [0.2, 0.25) is 0 Å². The fourth-order valence-corrected chi connectivity index (χ4v) is 2.92. The average Bonchev–Trinajstić information content (AvgIpc) is 3.39. The van der Waals surface area contributed by atoms with Crippen LogP contribution in [0.2, 0.25) is 0 Å². The first-order valence-electron chi connectivity index (χ1n) is 8.50. The van der Waals surface area contributed by atoms with Crippen molar-refractivity contribution < 1.29 is 4.79 Å². The lowest BCUT2D eigenvalue weighted by Crippen LogP contribution is -2.31. The smallest absolute Gasteiger partial charge is 0.252 e. The SMILES string of the molecule is Cn1ccnc1C(NC(=O)c1ccc(-n2cncn2)cc1)c1ccccc1. The number of nitrogens with zero attached hydrogens (tertiary/aromatic N) is 5. The van der Waals surface area contributed by atoms with Crippen molar-refractivity contribution in [1.82, 2.24) is 29.6 Å². The quantitative estimate of drug-likeness (QED) is 0.595. The molecular weight excluding hydrogens is 340 g/mol. The molecule has 7 nitrogen and oxygen atoms in total. The third-order valence-electron chi connectivity index (χ3n) is 4.34. The third kappa shape index (κ3) is 3.48. The molecule has 0 fully saturated rings. The fraction of sp³-hybridized carbons (Fsp3) is 0.100. The van der Waals surface area contributed by atoms with Crippen LogP contribution in [0.25, 0.3) is 5.69 Å². The highest BCUT2D eigenvalue weighted by atomic mass is 16.1. The van der Waals surface area contributed by atoms with Crippen molar-refractivity contribution in [2.45, 2.75) is 6.04 Å². The molecule has 0 bridgehead atoms. The molecule has 0 spiro atoms. The standard InChI is InChI=1S/C20H18N6O/c1-25-12-11-22-19(25)18(15-5-3-2-4-6-15)24-20(27)16-7-9-17(10-8-16)26-14-21-13-23-26/h2-14,18H,1H3,(H,24,27). The molecule has 1 N–H and O–H groups in total. The van der Waals surface area contributed by atoms with E-state index in [0.717, 1.165) is 17.1 Å². The number of rotatable bonds is 5.